The first-order valence-electron chi connectivity index (χ1n) is 5.90. The molecular weight excluding hydrogens is 190 g/mol. The Kier molecular flexibility index (Phi) is 4.58. The molecule has 0 spiro atoms. The first-order chi connectivity index (χ1) is 7.00. The van der Waals surface area contributed by atoms with Crippen molar-refractivity contribution in [1.82, 2.24) is 0 Å². The van der Waals surface area contributed by atoms with E-state index in [2.05, 4.69) is 20.8 Å². The molecule has 1 aliphatic rings. The maximum Gasteiger partial charge on any atom is 0.243 e. The topological polar surface area (TPSA) is 52.3 Å². The van der Waals surface area contributed by atoms with Crippen molar-refractivity contribution >= 4 is 5.91 Å². The lowest BCUT2D eigenvalue weighted by molar-refractivity contribution is -0.128. The van der Waals surface area contributed by atoms with Gasteiger partial charge < -0.3 is 10.5 Å². The summed E-state index contributed by atoms with van der Waals surface area (Å²) in [6.07, 6.45) is 3.78. The predicted octanol–water partition coefficient (Wildman–Crippen LogP) is 1.95. The number of carbonyl (C=O) groups is 1. The summed E-state index contributed by atoms with van der Waals surface area (Å²) in [4.78, 5) is 10.7. The number of primary amides is 1. The third kappa shape index (κ3) is 3.82. The van der Waals surface area contributed by atoms with E-state index in [0.29, 0.717) is 17.8 Å². The Bertz CT molecular complexity index is 216. The van der Waals surface area contributed by atoms with Crippen molar-refractivity contribution in [2.75, 3.05) is 6.61 Å². The third-order valence-electron chi connectivity index (χ3n) is 3.40. The highest BCUT2D eigenvalue weighted by molar-refractivity contribution is 5.75. The lowest BCUT2D eigenvalue weighted by Gasteiger charge is -2.36. The van der Waals surface area contributed by atoms with Crippen molar-refractivity contribution in [1.29, 1.82) is 0 Å². The molecule has 3 nitrogen and oxygen atoms in total. The molecular formula is C12H23NO2. The van der Waals surface area contributed by atoms with Crippen molar-refractivity contribution in [2.45, 2.75) is 46.1 Å². The molecule has 2 N–H and O–H groups in total. The molecule has 0 aromatic carbocycles. The SMILES string of the molecule is CC(C)[C@H]1CC[C@H](C)C[C@@H]1OCC(N)=O. The molecule has 88 valence electrons. The van der Waals surface area contributed by atoms with Crippen molar-refractivity contribution in [2.24, 2.45) is 23.5 Å². The molecule has 0 radical (unpaired) electrons. The van der Waals surface area contributed by atoms with Crippen LogP contribution in [0.1, 0.15) is 40.0 Å². The molecule has 1 saturated carbocycles. The zero-order chi connectivity index (χ0) is 11.4. The van der Waals surface area contributed by atoms with Crippen LogP contribution in [0.5, 0.6) is 0 Å². The van der Waals surface area contributed by atoms with Crippen LogP contribution in [0, 0.1) is 17.8 Å². The van der Waals surface area contributed by atoms with Crippen LogP contribution in [0.25, 0.3) is 0 Å². The fraction of sp³-hybridized carbons (Fsp3) is 0.917. The highest BCUT2D eigenvalue weighted by Gasteiger charge is 2.31. The van der Waals surface area contributed by atoms with E-state index >= 15 is 0 Å². The second-order valence-electron chi connectivity index (χ2n) is 5.14. The van der Waals surface area contributed by atoms with Gasteiger partial charge in [-0.1, -0.05) is 27.2 Å². The monoisotopic (exact) mass is 213 g/mol. The minimum atomic E-state index is -0.365. The van der Waals surface area contributed by atoms with Gasteiger partial charge in [0.1, 0.15) is 6.61 Å². The summed E-state index contributed by atoms with van der Waals surface area (Å²) in [6.45, 7) is 6.76. The van der Waals surface area contributed by atoms with Gasteiger partial charge in [0.15, 0.2) is 0 Å². The van der Waals surface area contributed by atoms with Crippen LogP contribution in [0.2, 0.25) is 0 Å². The molecule has 1 fully saturated rings. The normalized spacial score (nSPS) is 31.9. The van der Waals surface area contributed by atoms with Crippen LogP contribution in [-0.4, -0.2) is 18.6 Å². The van der Waals surface area contributed by atoms with E-state index in [-0.39, 0.29) is 18.6 Å². The second-order valence-corrected chi connectivity index (χ2v) is 5.14. The second kappa shape index (κ2) is 5.50. The summed E-state index contributed by atoms with van der Waals surface area (Å²) in [6, 6.07) is 0. The Morgan fingerprint density at radius 3 is 2.67 bits per heavy atom. The summed E-state index contributed by atoms with van der Waals surface area (Å²) in [7, 11) is 0. The number of ether oxygens (including phenoxy) is 1. The molecule has 0 saturated heterocycles. The largest absolute Gasteiger partial charge is 0.368 e. The van der Waals surface area contributed by atoms with E-state index in [1.54, 1.807) is 0 Å². The van der Waals surface area contributed by atoms with Crippen LogP contribution in [0.15, 0.2) is 0 Å². The van der Waals surface area contributed by atoms with Gasteiger partial charge in [-0.15, -0.1) is 0 Å². The lowest BCUT2D eigenvalue weighted by atomic mass is 9.75. The van der Waals surface area contributed by atoms with Crippen LogP contribution in [0.3, 0.4) is 0 Å². The number of rotatable bonds is 4. The van der Waals surface area contributed by atoms with Gasteiger partial charge in [0, 0.05) is 0 Å². The van der Waals surface area contributed by atoms with Gasteiger partial charge in [-0.05, 0) is 30.6 Å². The van der Waals surface area contributed by atoms with Gasteiger partial charge in [0.2, 0.25) is 5.91 Å². The molecule has 3 heteroatoms. The van der Waals surface area contributed by atoms with Crippen LogP contribution in [-0.2, 0) is 9.53 Å². The van der Waals surface area contributed by atoms with Gasteiger partial charge in [-0.3, -0.25) is 4.79 Å². The predicted molar refractivity (Wildman–Crippen MR) is 60.3 cm³/mol. The summed E-state index contributed by atoms with van der Waals surface area (Å²) >= 11 is 0. The van der Waals surface area contributed by atoms with E-state index in [1.807, 2.05) is 0 Å². The zero-order valence-electron chi connectivity index (χ0n) is 10.0. The maximum absolute atomic E-state index is 10.7. The van der Waals surface area contributed by atoms with E-state index in [4.69, 9.17) is 10.5 Å². The lowest BCUT2D eigenvalue weighted by Crippen LogP contribution is -2.36. The van der Waals surface area contributed by atoms with Crippen LogP contribution >= 0.6 is 0 Å². The van der Waals surface area contributed by atoms with Gasteiger partial charge >= 0.3 is 0 Å². The molecule has 0 aromatic rings. The quantitative estimate of drug-likeness (QED) is 0.776. The molecule has 0 unspecified atom stereocenters. The van der Waals surface area contributed by atoms with E-state index in [1.165, 1.54) is 12.8 Å². The number of amides is 1. The highest BCUT2D eigenvalue weighted by atomic mass is 16.5. The molecule has 0 aliphatic heterocycles. The van der Waals surface area contributed by atoms with E-state index in [0.717, 1.165) is 6.42 Å². The fourth-order valence-electron chi connectivity index (χ4n) is 2.50. The van der Waals surface area contributed by atoms with Crippen LogP contribution < -0.4 is 5.73 Å². The Morgan fingerprint density at radius 1 is 1.47 bits per heavy atom. The molecule has 0 aromatic heterocycles. The number of nitrogens with two attached hydrogens (primary N) is 1. The first-order valence-corrected chi connectivity index (χ1v) is 5.90. The molecule has 1 rings (SSSR count). The third-order valence-corrected chi connectivity index (χ3v) is 3.40. The summed E-state index contributed by atoms with van der Waals surface area (Å²) < 4.78 is 5.61. The van der Waals surface area contributed by atoms with Crippen molar-refractivity contribution in [3.05, 3.63) is 0 Å². The van der Waals surface area contributed by atoms with Gasteiger partial charge in [0.05, 0.1) is 6.10 Å². The van der Waals surface area contributed by atoms with Crippen molar-refractivity contribution < 1.29 is 9.53 Å². The molecule has 0 heterocycles. The molecule has 3 atom stereocenters. The first kappa shape index (κ1) is 12.5. The number of carbonyl (C=O) groups excluding carboxylic acids is 1. The Hall–Kier alpha value is -0.570. The molecule has 1 amide bonds. The smallest absolute Gasteiger partial charge is 0.243 e. The van der Waals surface area contributed by atoms with Gasteiger partial charge in [-0.2, -0.15) is 0 Å². The van der Waals surface area contributed by atoms with E-state index < -0.39 is 0 Å². The maximum atomic E-state index is 10.7. The van der Waals surface area contributed by atoms with E-state index in [9.17, 15) is 4.79 Å². The number of hydrogen-bond acceptors (Lipinski definition) is 2. The average Bonchev–Trinajstić information content (AvgIpc) is 2.14. The summed E-state index contributed by atoms with van der Waals surface area (Å²) in [5, 5.41) is 0. The molecule has 1 aliphatic carbocycles. The average molecular weight is 213 g/mol. The highest BCUT2D eigenvalue weighted by Crippen LogP contribution is 2.35. The minimum Gasteiger partial charge on any atom is -0.368 e. The van der Waals surface area contributed by atoms with Gasteiger partial charge in [0.25, 0.3) is 0 Å². The molecule has 15 heavy (non-hydrogen) atoms. The summed E-state index contributed by atoms with van der Waals surface area (Å²) in [5.74, 6) is 1.55. The number of hydrogen-bond donors (Lipinski definition) is 1. The Morgan fingerprint density at radius 2 is 2.13 bits per heavy atom. The van der Waals surface area contributed by atoms with Crippen molar-refractivity contribution in [3.63, 3.8) is 0 Å². The summed E-state index contributed by atoms with van der Waals surface area (Å²) in [5.41, 5.74) is 5.10. The van der Waals surface area contributed by atoms with Gasteiger partial charge in [-0.25, -0.2) is 0 Å². The Labute approximate surface area is 92.4 Å². The van der Waals surface area contributed by atoms with Crippen molar-refractivity contribution in [3.8, 4) is 0 Å². The standard InChI is InChI=1S/C12H23NO2/c1-8(2)10-5-4-9(3)6-11(10)15-7-12(13)14/h8-11H,4-7H2,1-3H3,(H2,13,14)/t9-,10+,11-/m0/s1. The minimum absolute atomic E-state index is 0.0700. The zero-order valence-corrected chi connectivity index (χ0v) is 10.0. The molecule has 0 bridgehead atoms. The fourth-order valence-corrected chi connectivity index (χ4v) is 2.50. The van der Waals surface area contributed by atoms with Crippen LogP contribution in [0.4, 0.5) is 0 Å². The Balaban J connectivity index is 2.50.